The molecule has 2 rings (SSSR count). The molecule has 120 valence electrons. The van der Waals surface area contributed by atoms with E-state index in [-0.39, 0.29) is 11.7 Å². The predicted molar refractivity (Wildman–Crippen MR) is 89.1 cm³/mol. The smallest absolute Gasteiger partial charge is 0.235 e. The molecule has 5 nitrogen and oxygen atoms in total. The molecule has 0 aromatic carbocycles. The minimum atomic E-state index is -1.28. The van der Waals surface area contributed by atoms with Crippen molar-refractivity contribution >= 4 is 22.4 Å². The molecular weight excluding hydrogens is 298 g/mol. The van der Waals surface area contributed by atoms with Gasteiger partial charge in [-0.2, -0.15) is 0 Å². The second kappa shape index (κ2) is 7.05. The Hall–Kier alpha value is -1.69. The Bertz CT molecular complexity index is 694. The van der Waals surface area contributed by atoms with Crippen LogP contribution in [0, 0.1) is 12.8 Å². The van der Waals surface area contributed by atoms with E-state index in [9.17, 15) is 9.00 Å². The number of carbonyl (C=O) groups excluding carboxylic acids is 1. The highest BCUT2D eigenvalue weighted by molar-refractivity contribution is 7.85. The molecule has 2 aromatic rings. The van der Waals surface area contributed by atoms with Crippen LogP contribution < -0.4 is 5.32 Å². The minimum Gasteiger partial charge on any atom is -0.355 e. The highest BCUT2D eigenvalue weighted by Crippen LogP contribution is 2.11. The zero-order chi connectivity index (χ0) is 16.3. The van der Waals surface area contributed by atoms with Crippen LogP contribution in [0.1, 0.15) is 32.2 Å². The first-order chi connectivity index (χ1) is 10.4. The summed E-state index contributed by atoms with van der Waals surface area (Å²) in [7, 11) is -1.28. The van der Waals surface area contributed by atoms with Gasteiger partial charge in [0.1, 0.15) is 10.9 Å². The number of aromatic nitrogens is 2. The van der Waals surface area contributed by atoms with Gasteiger partial charge in [-0.3, -0.25) is 9.00 Å². The zero-order valence-electron chi connectivity index (χ0n) is 13.5. The van der Waals surface area contributed by atoms with Gasteiger partial charge in [-0.15, -0.1) is 0 Å². The lowest BCUT2D eigenvalue weighted by Gasteiger charge is -2.12. The van der Waals surface area contributed by atoms with E-state index in [0.717, 1.165) is 17.0 Å². The van der Waals surface area contributed by atoms with Crippen LogP contribution in [0.25, 0.3) is 5.65 Å². The SMILES string of the molecule is Cc1cccc2nc(C[S@@](=O)[C@H](C)C(=O)NCC(C)C)cn12. The minimum absolute atomic E-state index is 0.160. The maximum atomic E-state index is 12.4. The average Bonchev–Trinajstić information content (AvgIpc) is 2.87. The lowest BCUT2D eigenvalue weighted by Crippen LogP contribution is -2.37. The largest absolute Gasteiger partial charge is 0.355 e. The van der Waals surface area contributed by atoms with Gasteiger partial charge in [-0.1, -0.05) is 19.9 Å². The van der Waals surface area contributed by atoms with Crippen LogP contribution in [0.4, 0.5) is 0 Å². The van der Waals surface area contributed by atoms with Crippen molar-refractivity contribution in [1.82, 2.24) is 14.7 Å². The molecule has 22 heavy (non-hydrogen) atoms. The topological polar surface area (TPSA) is 63.5 Å². The van der Waals surface area contributed by atoms with E-state index >= 15 is 0 Å². The lowest BCUT2D eigenvalue weighted by molar-refractivity contribution is -0.120. The summed E-state index contributed by atoms with van der Waals surface area (Å²) >= 11 is 0. The fraction of sp³-hybridized carbons (Fsp3) is 0.500. The molecule has 0 aliphatic heterocycles. The molecule has 2 heterocycles. The van der Waals surface area contributed by atoms with Crippen LogP contribution in [0.2, 0.25) is 0 Å². The summed E-state index contributed by atoms with van der Waals surface area (Å²) in [5.41, 5.74) is 2.66. The second-order valence-corrected chi connectivity index (χ2v) is 7.69. The van der Waals surface area contributed by atoms with E-state index in [2.05, 4.69) is 10.3 Å². The molecule has 0 saturated heterocycles. The maximum Gasteiger partial charge on any atom is 0.235 e. The van der Waals surface area contributed by atoms with Crippen LogP contribution in [-0.4, -0.2) is 31.3 Å². The Morgan fingerprint density at radius 2 is 2.09 bits per heavy atom. The van der Waals surface area contributed by atoms with Crippen LogP contribution >= 0.6 is 0 Å². The number of hydrogen-bond acceptors (Lipinski definition) is 3. The molecule has 2 atom stereocenters. The first-order valence-electron chi connectivity index (χ1n) is 7.47. The summed E-state index contributed by atoms with van der Waals surface area (Å²) in [4.78, 5) is 16.4. The fourth-order valence-corrected chi connectivity index (χ4v) is 3.11. The van der Waals surface area contributed by atoms with Crippen molar-refractivity contribution in [3.05, 3.63) is 35.8 Å². The van der Waals surface area contributed by atoms with Crippen molar-refractivity contribution in [3.63, 3.8) is 0 Å². The number of imidazole rings is 1. The van der Waals surface area contributed by atoms with E-state index in [1.165, 1.54) is 0 Å². The van der Waals surface area contributed by atoms with Crippen molar-refractivity contribution in [2.24, 2.45) is 5.92 Å². The van der Waals surface area contributed by atoms with E-state index in [0.29, 0.717) is 12.5 Å². The van der Waals surface area contributed by atoms with Gasteiger partial charge in [-0.05, 0) is 31.9 Å². The van der Waals surface area contributed by atoms with E-state index in [4.69, 9.17) is 0 Å². The van der Waals surface area contributed by atoms with Gasteiger partial charge < -0.3 is 9.72 Å². The van der Waals surface area contributed by atoms with Gasteiger partial charge in [0.15, 0.2) is 0 Å². The summed E-state index contributed by atoms with van der Waals surface area (Å²) in [6.07, 6.45) is 1.89. The van der Waals surface area contributed by atoms with Gasteiger partial charge in [0.25, 0.3) is 0 Å². The molecule has 6 heteroatoms. The predicted octanol–water partition coefficient (Wildman–Crippen LogP) is 2.05. The number of aryl methyl sites for hydroxylation is 1. The number of amides is 1. The Labute approximate surface area is 133 Å². The lowest BCUT2D eigenvalue weighted by atomic mass is 10.2. The summed E-state index contributed by atoms with van der Waals surface area (Å²) in [6, 6.07) is 5.86. The molecule has 2 aromatic heterocycles. The molecule has 0 fully saturated rings. The number of pyridine rings is 1. The molecule has 0 spiro atoms. The van der Waals surface area contributed by atoms with Gasteiger partial charge in [-0.25, -0.2) is 4.98 Å². The molecule has 0 saturated carbocycles. The Morgan fingerprint density at radius 3 is 2.73 bits per heavy atom. The standard InChI is InChI=1S/C16H23N3O2S/c1-11(2)8-17-16(20)13(4)22(21)10-14-9-19-12(3)6-5-7-15(19)18-14/h5-7,9,11,13H,8,10H2,1-4H3,(H,17,20)/t13-,22-/m1/s1. The summed E-state index contributed by atoms with van der Waals surface area (Å²) in [5, 5.41) is 2.29. The molecule has 0 bridgehead atoms. The molecule has 0 aliphatic carbocycles. The number of nitrogens with one attached hydrogen (secondary N) is 1. The van der Waals surface area contributed by atoms with Gasteiger partial charge >= 0.3 is 0 Å². The van der Waals surface area contributed by atoms with Gasteiger partial charge in [0.05, 0.1) is 11.4 Å². The molecule has 0 aliphatic rings. The number of fused-ring (bicyclic) bond motifs is 1. The molecule has 1 amide bonds. The first kappa shape index (κ1) is 16.7. The third-order valence-corrected chi connectivity index (χ3v) is 5.07. The number of hydrogen-bond donors (Lipinski definition) is 1. The molecular formula is C16H23N3O2S. The van der Waals surface area contributed by atoms with Gasteiger partial charge in [0, 0.05) is 29.2 Å². The molecule has 0 unspecified atom stereocenters. The van der Waals surface area contributed by atoms with E-state index in [1.54, 1.807) is 6.92 Å². The highest BCUT2D eigenvalue weighted by Gasteiger charge is 2.21. The molecule has 0 radical (unpaired) electrons. The van der Waals surface area contributed by atoms with Crippen LogP contribution in [0.3, 0.4) is 0 Å². The normalized spacial score (nSPS) is 14.2. The summed E-state index contributed by atoms with van der Waals surface area (Å²) < 4.78 is 14.3. The molecule has 1 N–H and O–H groups in total. The van der Waals surface area contributed by atoms with Crippen molar-refractivity contribution in [3.8, 4) is 0 Å². The van der Waals surface area contributed by atoms with Crippen LogP contribution in [0.15, 0.2) is 24.4 Å². The highest BCUT2D eigenvalue weighted by atomic mass is 32.2. The van der Waals surface area contributed by atoms with Crippen molar-refractivity contribution in [2.75, 3.05) is 6.54 Å². The number of rotatable bonds is 6. The fourth-order valence-electron chi connectivity index (χ4n) is 2.11. The Balaban J connectivity index is 2.03. The number of nitrogens with zero attached hydrogens (tertiary/aromatic N) is 2. The zero-order valence-corrected chi connectivity index (χ0v) is 14.3. The number of carbonyl (C=O) groups is 1. The van der Waals surface area contributed by atoms with Crippen LogP contribution in [-0.2, 0) is 21.3 Å². The third-order valence-electron chi connectivity index (χ3n) is 3.48. The van der Waals surface area contributed by atoms with E-state index in [1.807, 2.05) is 49.6 Å². The maximum absolute atomic E-state index is 12.4. The van der Waals surface area contributed by atoms with Gasteiger partial charge in [0.2, 0.25) is 5.91 Å². The Morgan fingerprint density at radius 1 is 1.36 bits per heavy atom. The van der Waals surface area contributed by atoms with Crippen LogP contribution in [0.5, 0.6) is 0 Å². The van der Waals surface area contributed by atoms with Crippen molar-refractivity contribution in [1.29, 1.82) is 0 Å². The quantitative estimate of drug-likeness (QED) is 0.886. The monoisotopic (exact) mass is 321 g/mol. The van der Waals surface area contributed by atoms with E-state index < -0.39 is 16.0 Å². The third kappa shape index (κ3) is 3.94. The Kier molecular flexibility index (Phi) is 5.34. The average molecular weight is 321 g/mol. The first-order valence-corrected chi connectivity index (χ1v) is 8.85. The summed E-state index contributed by atoms with van der Waals surface area (Å²) in [6.45, 7) is 8.36. The van der Waals surface area contributed by atoms with Crippen molar-refractivity contribution in [2.45, 2.75) is 38.7 Å². The second-order valence-electron chi connectivity index (χ2n) is 5.93. The summed E-state index contributed by atoms with van der Waals surface area (Å²) in [5.74, 6) is 0.509. The van der Waals surface area contributed by atoms with Crippen molar-refractivity contribution < 1.29 is 9.00 Å².